The molecule has 0 spiro atoms. The zero-order valence-corrected chi connectivity index (χ0v) is 23.3. The fourth-order valence-electron chi connectivity index (χ4n) is 10.4. The van der Waals surface area contributed by atoms with Crippen LogP contribution in [0.5, 0.6) is 0 Å². The molecule has 0 unspecified atom stereocenters. The Kier molecular flexibility index (Phi) is 5.27. The second kappa shape index (κ2) is 7.32. The SMILES string of the molecule is COC(=O)[C@]12CCC(C)(C)C[C@@H]1[C@H]1C(=O)C=C3[C@@]4(C)CCC(=O)C(C)(C)[C@H]4CC[C@@]3(C)[C@]1(C)CC2. The fraction of sp³-hybridized carbons (Fsp3) is 0.839. The summed E-state index contributed by atoms with van der Waals surface area (Å²) in [7, 11) is 1.51. The second-order valence-electron chi connectivity index (χ2n) is 15.0. The van der Waals surface area contributed by atoms with Crippen LogP contribution >= 0.6 is 0 Å². The van der Waals surface area contributed by atoms with Crippen molar-refractivity contribution in [2.75, 3.05) is 7.11 Å². The number of fused-ring (bicyclic) bond motifs is 7. The lowest BCUT2D eigenvalue weighted by molar-refractivity contribution is -0.192. The van der Waals surface area contributed by atoms with Gasteiger partial charge in [-0.2, -0.15) is 0 Å². The van der Waals surface area contributed by atoms with E-state index in [1.54, 1.807) is 0 Å². The van der Waals surface area contributed by atoms with Crippen LogP contribution in [0.2, 0.25) is 0 Å². The molecule has 194 valence electrons. The third-order valence-electron chi connectivity index (χ3n) is 12.7. The standard InChI is InChI=1S/C31H46O4/c1-26(2)13-15-31(25(34)35-8)16-14-30(7)24(19(31)18-26)20(32)17-22-28(5)11-10-23(33)27(3,4)21(28)9-12-29(22,30)6/h17,19,21,24H,9-16,18H2,1-8H3/t19-,21-,24+,28+,29-,30-,31+/m1/s1. The number of methoxy groups -OCH3 is 1. The molecule has 0 heterocycles. The molecule has 4 heteroatoms. The molecule has 5 aliphatic rings. The van der Waals surface area contributed by atoms with Gasteiger partial charge in [-0.25, -0.2) is 0 Å². The predicted octanol–water partition coefficient (Wildman–Crippen LogP) is 6.71. The Morgan fingerprint density at radius 3 is 2.23 bits per heavy atom. The molecule has 0 radical (unpaired) electrons. The fourth-order valence-corrected chi connectivity index (χ4v) is 10.4. The summed E-state index contributed by atoms with van der Waals surface area (Å²) in [5, 5.41) is 0. The first-order chi connectivity index (χ1) is 16.1. The Morgan fingerprint density at radius 2 is 1.57 bits per heavy atom. The van der Waals surface area contributed by atoms with E-state index in [0.717, 1.165) is 51.4 Å². The van der Waals surface area contributed by atoms with E-state index in [0.29, 0.717) is 12.2 Å². The summed E-state index contributed by atoms with van der Waals surface area (Å²) in [5.74, 6) is 0.648. The van der Waals surface area contributed by atoms with E-state index in [1.807, 2.05) is 6.08 Å². The van der Waals surface area contributed by atoms with Gasteiger partial charge in [0.2, 0.25) is 0 Å². The molecule has 7 atom stereocenters. The van der Waals surface area contributed by atoms with Crippen molar-refractivity contribution in [3.8, 4) is 0 Å². The molecular formula is C31H46O4. The normalized spacial score (nSPS) is 48.0. The van der Waals surface area contributed by atoms with Crippen molar-refractivity contribution in [2.24, 2.45) is 50.2 Å². The second-order valence-corrected chi connectivity index (χ2v) is 15.0. The Morgan fingerprint density at radius 1 is 0.914 bits per heavy atom. The average molecular weight is 483 g/mol. The number of allylic oxidation sites excluding steroid dienone is 2. The summed E-state index contributed by atoms with van der Waals surface area (Å²) < 4.78 is 5.42. The van der Waals surface area contributed by atoms with Gasteiger partial charge in [0, 0.05) is 17.8 Å². The van der Waals surface area contributed by atoms with Gasteiger partial charge in [0.25, 0.3) is 0 Å². The predicted molar refractivity (Wildman–Crippen MR) is 136 cm³/mol. The monoisotopic (exact) mass is 482 g/mol. The molecular weight excluding hydrogens is 436 g/mol. The number of hydrogen-bond donors (Lipinski definition) is 0. The Balaban J connectivity index is 1.65. The number of hydrogen-bond acceptors (Lipinski definition) is 4. The van der Waals surface area contributed by atoms with E-state index in [9.17, 15) is 14.4 Å². The molecule has 0 bridgehead atoms. The Hall–Kier alpha value is -1.45. The Bertz CT molecular complexity index is 1020. The summed E-state index contributed by atoms with van der Waals surface area (Å²) >= 11 is 0. The number of Topliss-reactive ketones (excluding diaryl/α,β-unsaturated/α-hetero) is 1. The zero-order chi connectivity index (χ0) is 25.8. The maximum atomic E-state index is 14.3. The van der Waals surface area contributed by atoms with Gasteiger partial charge in [-0.15, -0.1) is 0 Å². The number of esters is 1. The number of rotatable bonds is 1. The maximum Gasteiger partial charge on any atom is 0.312 e. The summed E-state index contributed by atoms with van der Waals surface area (Å²) in [4.78, 5) is 40.6. The molecule has 0 N–H and O–H groups in total. The topological polar surface area (TPSA) is 60.4 Å². The van der Waals surface area contributed by atoms with Gasteiger partial charge in [-0.3, -0.25) is 14.4 Å². The number of carbonyl (C=O) groups excluding carboxylic acids is 3. The van der Waals surface area contributed by atoms with Crippen LogP contribution < -0.4 is 0 Å². The summed E-state index contributed by atoms with van der Waals surface area (Å²) in [5.41, 5.74) is 0.119. The highest BCUT2D eigenvalue weighted by Gasteiger charge is 2.71. The van der Waals surface area contributed by atoms with Crippen LogP contribution in [0.3, 0.4) is 0 Å². The Labute approximate surface area is 212 Å². The van der Waals surface area contributed by atoms with Gasteiger partial charge in [0.1, 0.15) is 5.78 Å². The molecule has 0 aromatic carbocycles. The lowest BCUT2D eigenvalue weighted by Gasteiger charge is -2.69. The molecule has 5 rings (SSSR count). The highest BCUT2D eigenvalue weighted by Crippen LogP contribution is 2.74. The maximum absolute atomic E-state index is 14.3. The highest BCUT2D eigenvalue weighted by molar-refractivity contribution is 5.96. The van der Waals surface area contributed by atoms with Gasteiger partial charge >= 0.3 is 5.97 Å². The molecule has 0 saturated heterocycles. The first-order valence-corrected chi connectivity index (χ1v) is 14.0. The van der Waals surface area contributed by atoms with E-state index in [-0.39, 0.29) is 56.6 Å². The van der Waals surface area contributed by atoms with Crippen molar-refractivity contribution < 1.29 is 19.1 Å². The van der Waals surface area contributed by atoms with E-state index >= 15 is 0 Å². The van der Waals surface area contributed by atoms with E-state index in [1.165, 1.54) is 12.7 Å². The van der Waals surface area contributed by atoms with Crippen LogP contribution in [0, 0.1) is 50.2 Å². The minimum atomic E-state index is -0.536. The smallest absolute Gasteiger partial charge is 0.312 e. The third-order valence-corrected chi connectivity index (χ3v) is 12.7. The third kappa shape index (κ3) is 3.00. The van der Waals surface area contributed by atoms with Crippen molar-refractivity contribution >= 4 is 17.5 Å². The molecule has 4 fully saturated rings. The molecule has 0 aromatic heterocycles. The van der Waals surface area contributed by atoms with Gasteiger partial charge in [-0.1, -0.05) is 54.0 Å². The van der Waals surface area contributed by atoms with Crippen molar-refractivity contribution in [1.82, 2.24) is 0 Å². The van der Waals surface area contributed by atoms with E-state index in [4.69, 9.17) is 4.74 Å². The lowest BCUT2D eigenvalue weighted by atomic mass is 9.34. The largest absolute Gasteiger partial charge is 0.469 e. The number of carbonyl (C=O) groups is 3. The molecule has 35 heavy (non-hydrogen) atoms. The zero-order valence-electron chi connectivity index (χ0n) is 23.3. The lowest BCUT2D eigenvalue weighted by Crippen LogP contribution is -2.66. The molecule has 0 aromatic rings. The van der Waals surface area contributed by atoms with Gasteiger partial charge in [-0.05, 0) is 90.9 Å². The van der Waals surface area contributed by atoms with Crippen molar-refractivity contribution in [2.45, 2.75) is 106 Å². The van der Waals surface area contributed by atoms with Gasteiger partial charge in [0.05, 0.1) is 12.5 Å². The molecule has 0 amide bonds. The molecule has 4 saturated carbocycles. The summed E-state index contributed by atoms with van der Waals surface area (Å²) in [6, 6.07) is 0. The average Bonchev–Trinajstić information content (AvgIpc) is 2.77. The van der Waals surface area contributed by atoms with Crippen molar-refractivity contribution in [1.29, 1.82) is 0 Å². The number of ketones is 2. The van der Waals surface area contributed by atoms with Gasteiger partial charge in [0.15, 0.2) is 5.78 Å². The summed E-state index contributed by atoms with van der Waals surface area (Å²) in [6.07, 6.45) is 9.92. The van der Waals surface area contributed by atoms with Crippen LogP contribution in [-0.2, 0) is 19.1 Å². The van der Waals surface area contributed by atoms with Crippen LogP contribution in [0.4, 0.5) is 0 Å². The van der Waals surface area contributed by atoms with E-state index in [2.05, 4.69) is 48.5 Å². The molecule has 4 nitrogen and oxygen atoms in total. The summed E-state index contributed by atoms with van der Waals surface area (Å²) in [6.45, 7) is 16.0. The quantitative estimate of drug-likeness (QED) is 0.390. The van der Waals surface area contributed by atoms with Crippen LogP contribution in [0.1, 0.15) is 106 Å². The van der Waals surface area contributed by atoms with Crippen LogP contribution in [-0.4, -0.2) is 24.6 Å². The van der Waals surface area contributed by atoms with E-state index < -0.39 is 5.41 Å². The minimum Gasteiger partial charge on any atom is -0.469 e. The minimum absolute atomic E-state index is 0.0227. The first kappa shape index (κ1) is 25.2. The first-order valence-electron chi connectivity index (χ1n) is 14.0. The highest BCUT2D eigenvalue weighted by atomic mass is 16.5. The molecule has 0 aliphatic heterocycles. The van der Waals surface area contributed by atoms with Gasteiger partial charge < -0.3 is 4.74 Å². The van der Waals surface area contributed by atoms with Crippen molar-refractivity contribution in [3.63, 3.8) is 0 Å². The molecule has 5 aliphatic carbocycles. The number of ether oxygens (including phenoxy) is 1. The van der Waals surface area contributed by atoms with Crippen LogP contribution in [0.15, 0.2) is 11.6 Å². The van der Waals surface area contributed by atoms with Crippen molar-refractivity contribution in [3.05, 3.63) is 11.6 Å². The van der Waals surface area contributed by atoms with Crippen LogP contribution in [0.25, 0.3) is 0 Å².